The van der Waals surface area contributed by atoms with Gasteiger partial charge in [-0.1, -0.05) is 26.7 Å². The van der Waals surface area contributed by atoms with E-state index in [9.17, 15) is 18.7 Å². The molecule has 0 saturated heterocycles. The van der Waals surface area contributed by atoms with E-state index in [1.807, 2.05) is 13.8 Å². The van der Waals surface area contributed by atoms with E-state index in [0.717, 1.165) is 31.0 Å². The second-order valence-electron chi connectivity index (χ2n) is 4.48. The molecule has 1 aromatic rings. The molecular weight excluding hydrogens is 252 g/mol. The van der Waals surface area contributed by atoms with Crippen molar-refractivity contribution in [2.24, 2.45) is 5.92 Å². The number of halogens is 2. The van der Waals surface area contributed by atoms with Gasteiger partial charge in [0.1, 0.15) is 11.6 Å². The van der Waals surface area contributed by atoms with Crippen LogP contribution in [0.5, 0.6) is 0 Å². The van der Waals surface area contributed by atoms with E-state index in [2.05, 4.69) is 5.32 Å². The zero-order chi connectivity index (χ0) is 14.4. The van der Waals surface area contributed by atoms with Gasteiger partial charge in [0.25, 0.3) is 5.91 Å². The third-order valence-corrected chi connectivity index (χ3v) is 3.24. The second-order valence-corrected chi connectivity index (χ2v) is 4.48. The van der Waals surface area contributed by atoms with Gasteiger partial charge in [-0.25, -0.2) is 8.78 Å². The molecule has 0 aliphatic heterocycles. The van der Waals surface area contributed by atoms with Crippen LogP contribution in [0.25, 0.3) is 0 Å². The van der Waals surface area contributed by atoms with Crippen molar-refractivity contribution in [2.75, 3.05) is 6.54 Å². The van der Waals surface area contributed by atoms with Gasteiger partial charge in [0.05, 0.1) is 11.7 Å². The number of nitrogens with one attached hydrogen (secondary N) is 1. The van der Waals surface area contributed by atoms with Gasteiger partial charge in [-0.3, -0.25) is 4.79 Å². The minimum atomic E-state index is -0.782. The first-order valence-corrected chi connectivity index (χ1v) is 6.40. The Labute approximate surface area is 111 Å². The number of hydrogen-bond acceptors (Lipinski definition) is 2. The predicted molar refractivity (Wildman–Crippen MR) is 68.8 cm³/mol. The lowest BCUT2D eigenvalue weighted by molar-refractivity contribution is 0.0813. The molecule has 1 aromatic carbocycles. The lowest BCUT2D eigenvalue weighted by Gasteiger charge is -2.20. The molecule has 0 heterocycles. The Morgan fingerprint density at radius 1 is 1.32 bits per heavy atom. The van der Waals surface area contributed by atoms with Gasteiger partial charge in [0, 0.05) is 6.54 Å². The van der Waals surface area contributed by atoms with Crippen molar-refractivity contribution in [2.45, 2.75) is 32.8 Å². The Morgan fingerprint density at radius 2 is 1.95 bits per heavy atom. The summed E-state index contributed by atoms with van der Waals surface area (Å²) >= 11 is 0. The first-order chi connectivity index (χ1) is 8.99. The summed E-state index contributed by atoms with van der Waals surface area (Å²) in [6, 6.07) is 2.70. The van der Waals surface area contributed by atoms with Crippen molar-refractivity contribution in [3.63, 3.8) is 0 Å². The highest BCUT2D eigenvalue weighted by molar-refractivity contribution is 5.94. The molecule has 0 radical (unpaired) electrons. The standard InChI is InChI=1S/C14H19F2NO2/c1-3-9(4-2)13(18)8-17-14(19)11-7-10(15)5-6-12(11)16/h5-7,9,13,18H,3-4,8H2,1-2H3,(H,17,19). The average molecular weight is 271 g/mol. The first kappa shape index (κ1) is 15.6. The molecule has 5 heteroatoms. The monoisotopic (exact) mass is 271 g/mol. The first-order valence-electron chi connectivity index (χ1n) is 6.40. The third kappa shape index (κ3) is 4.28. The number of hydrogen-bond donors (Lipinski definition) is 2. The number of rotatable bonds is 6. The fraction of sp³-hybridized carbons (Fsp3) is 0.500. The molecule has 3 nitrogen and oxygen atoms in total. The van der Waals surface area contributed by atoms with E-state index in [1.165, 1.54) is 0 Å². The molecule has 0 aliphatic rings. The van der Waals surface area contributed by atoms with E-state index >= 15 is 0 Å². The van der Waals surface area contributed by atoms with Crippen molar-refractivity contribution in [3.8, 4) is 0 Å². The summed E-state index contributed by atoms with van der Waals surface area (Å²) in [5.41, 5.74) is -0.350. The van der Waals surface area contributed by atoms with Crippen LogP contribution in [0.3, 0.4) is 0 Å². The Morgan fingerprint density at radius 3 is 2.53 bits per heavy atom. The molecule has 1 amide bonds. The number of amides is 1. The molecule has 0 bridgehead atoms. The molecule has 1 atom stereocenters. The zero-order valence-corrected chi connectivity index (χ0v) is 11.1. The molecule has 106 valence electrons. The molecule has 19 heavy (non-hydrogen) atoms. The van der Waals surface area contributed by atoms with Gasteiger partial charge in [-0.2, -0.15) is 0 Å². The average Bonchev–Trinajstić information content (AvgIpc) is 2.40. The van der Waals surface area contributed by atoms with Gasteiger partial charge in [-0.15, -0.1) is 0 Å². The largest absolute Gasteiger partial charge is 0.391 e. The molecule has 0 aromatic heterocycles. The van der Waals surface area contributed by atoms with Crippen LogP contribution < -0.4 is 5.32 Å². The minimum absolute atomic E-state index is 0.0289. The van der Waals surface area contributed by atoms with Crippen LogP contribution in [0.4, 0.5) is 8.78 Å². The van der Waals surface area contributed by atoms with E-state index in [-0.39, 0.29) is 18.0 Å². The van der Waals surface area contributed by atoms with Crippen molar-refractivity contribution in [1.29, 1.82) is 0 Å². The number of aliphatic hydroxyl groups excluding tert-OH is 1. The topological polar surface area (TPSA) is 49.3 Å². The summed E-state index contributed by atoms with van der Waals surface area (Å²) in [6.45, 7) is 3.93. The summed E-state index contributed by atoms with van der Waals surface area (Å²) in [6.07, 6.45) is 0.902. The highest BCUT2D eigenvalue weighted by Crippen LogP contribution is 2.13. The van der Waals surface area contributed by atoms with Gasteiger partial charge >= 0.3 is 0 Å². The number of carbonyl (C=O) groups is 1. The molecule has 0 saturated carbocycles. The third-order valence-electron chi connectivity index (χ3n) is 3.24. The predicted octanol–water partition coefficient (Wildman–Crippen LogP) is 2.49. The molecule has 2 N–H and O–H groups in total. The van der Waals surface area contributed by atoms with Crippen molar-refractivity contribution in [1.82, 2.24) is 5.32 Å². The van der Waals surface area contributed by atoms with Crippen LogP contribution >= 0.6 is 0 Å². The van der Waals surface area contributed by atoms with Gasteiger partial charge < -0.3 is 10.4 Å². The highest BCUT2D eigenvalue weighted by Gasteiger charge is 2.18. The van der Waals surface area contributed by atoms with Crippen molar-refractivity contribution < 1.29 is 18.7 Å². The number of aliphatic hydroxyl groups is 1. The van der Waals surface area contributed by atoms with E-state index < -0.39 is 23.6 Å². The fourth-order valence-electron chi connectivity index (χ4n) is 1.96. The second kappa shape index (κ2) is 7.19. The lowest BCUT2D eigenvalue weighted by atomic mass is 9.96. The highest BCUT2D eigenvalue weighted by atomic mass is 19.1. The Balaban J connectivity index is 2.63. The molecule has 0 spiro atoms. The fourth-order valence-corrected chi connectivity index (χ4v) is 1.96. The van der Waals surface area contributed by atoms with Crippen LogP contribution in [0.1, 0.15) is 37.0 Å². The maximum atomic E-state index is 13.3. The summed E-state index contributed by atoms with van der Waals surface area (Å²) in [4.78, 5) is 11.7. The summed E-state index contributed by atoms with van der Waals surface area (Å²) < 4.78 is 26.3. The van der Waals surface area contributed by atoms with Gasteiger partial charge in [0.15, 0.2) is 0 Å². The normalized spacial score (nSPS) is 12.5. The van der Waals surface area contributed by atoms with Gasteiger partial charge in [0.2, 0.25) is 0 Å². The SMILES string of the molecule is CCC(CC)C(O)CNC(=O)c1cc(F)ccc1F. The van der Waals surface area contributed by atoms with Crippen LogP contribution in [-0.2, 0) is 0 Å². The van der Waals surface area contributed by atoms with Crippen LogP contribution in [0.15, 0.2) is 18.2 Å². The Hall–Kier alpha value is -1.49. The molecule has 1 rings (SSSR count). The van der Waals surface area contributed by atoms with E-state index in [4.69, 9.17) is 0 Å². The van der Waals surface area contributed by atoms with E-state index in [1.54, 1.807) is 0 Å². The Bertz CT molecular complexity index is 433. The smallest absolute Gasteiger partial charge is 0.254 e. The number of carbonyl (C=O) groups excluding carboxylic acids is 1. The summed E-state index contributed by atoms with van der Waals surface area (Å²) in [5.74, 6) is -2.09. The van der Waals surface area contributed by atoms with E-state index in [0.29, 0.717) is 0 Å². The zero-order valence-electron chi connectivity index (χ0n) is 11.1. The molecular formula is C14H19F2NO2. The van der Waals surface area contributed by atoms with Crippen LogP contribution in [0.2, 0.25) is 0 Å². The van der Waals surface area contributed by atoms with Crippen LogP contribution in [-0.4, -0.2) is 23.7 Å². The molecule has 0 aliphatic carbocycles. The quantitative estimate of drug-likeness (QED) is 0.835. The van der Waals surface area contributed by atoms with Crippen LogP contribution in [0, 0.1) is 17.6 Å². The Kier molecular flexibility index (Phi) is 5.89. The van der Waals surface area contributed by atoms with Crippen molar-refractivity contribution in [3.05, 3.63) is 35.4 Å². The minimum Gasteiger partial charge on any atom is -0.391 e. The van der Waals surface area contributed by atoms with Gasteiger partial charge in [-0.05, 0) is 24.1 Å². The summed E-state index contributed by atoms with van der Waals surface area (Å²) in [7, 11) is 0. The lowest BCUT2D eigenvalue weighted by Crippen LogP contribution is -2.36. The molecule has 1 unspecified atom stereocenters. The van der Waals surface area contributed by atoms with Crippen molar-refractivity contribution >= 4 is 5.91 Å². The summed E-state index contributed by atoms with van der Waals surface area (Å²) in [5, 5.41) is 12.3. The molecule has 0 fully saturated rings. The maximum absolute atomic E-state index is 13.3. The maximum Gasteiger partial charge on any atom is 0.254 e. The number of benzene rings is 1.